The number of aliphatic imine (C=N–C) groups is 1. The Morgan fingerprint density at radius 2 is 2.11 bits per heavy atom. The molecule has 2 atom stereocenters. The number of alkyl halides is 3. The molecular formula is C25H23F3N8O2. The van der Waals surface area contributed by atoms with Crippen molar-refractivity contribution in [3.8, 4) is 17.3 Å². The van der Waals surface area contributed by atoms with Crippen LogP contribution in [-0.4, -0.2) is 47.4 Å². The van der Waals surface area contributed by atoms with Gasteiger partial charge >= 0.3 is 12.2 Å². The Labute approximate surface area is 215 Å². The molecule has 0 aliphatic rings. The van der Waals surface area contributed by atoms with E-state index >= 15 is 0 Å². The van der Waals surface area contributed by atoms with Crippen molar-refractivity contribution in [3.63, 3.8) is 0 Å². The van der Waals surface area contributed by atoms with Crippen molar-refractivity contribution in [3.05, 3.63) is 66.0 Å². The minimum Gasteiger partial charge on any atom is -0.467 e. The van der Waals surface area contributed by atoms with Crippen molar-refractivity contribution >= 4 is 36.4 Å². The highest BCUT2D eigenvalue weighted by Crippen LogP contribution is 2.24. The highest BCUT2D eigenvalue weighted by atomic mass is 19.4. The largest absolute Gasteiger partial charge is 0.467 e. The summed E-state index contributed by atoms with van der Waals surface area (Å²) in [6.07, 6.45) is 3.77. The molecule has 0 radical (unpaired) electrons. The summed E-state index contributed by atoms with van der Waals surface area (Å²) in [4.78, 5) is 23.4. The van der Waals surface area contributed by atoms with Crippen LogP contribution in [0.3, 0.4) is 0 Å². The van der Waals surface area contributed by atoms with Gasteiger partial charge < -0.3 is 30.9 Å². The number of amides is 2. The molecule has 0 saturated heterocycles. The molecule has 0 bridgehead atoms. The average molecular weight is 525 g/mol. The second kappa shape index (κ2) is 12.8. The molecular weight excluding hydrogens is 501 g/mol. The summed E-state index contributed by atoms with van der Waals surface area (Å²) >= 11 is 0. The zero-order chi connectivity index (χ0) is 27.5. The second-order valence-electron chi connectivity index (χ2n) is 7.86. The number of urea groups is 1. The Kier molecular flexibility index (Phi) is 9.31. The van der Waals surface area contributed by atoms with E-state index in [4.69, 9.17) is 20.5 Å². The van der Waals surface area contributed by atoms with Gasteiger partial charge in [0.05, 0.1) is 36.6 Å². The molecule has 0 fully saturated rings. The maximum Gasteiger partial charge on any atom is 0.405 e. The zero-order valence-corrected chi connectivity index (χ0v) is 19.8. The third-order valence-corrected chi connectivity index (χ3v) is 5.09. The molecule has 0 aliphatic heterocycles. The van der Waals surface area contributed by atoms with Crippen LogP contribution in [0.1, 0.15) is 24.0 Å². The van der Waals surface area contributed by atoms with E-state index in [1.165, 1.54) is 24.7 Å². The molecule has 0 saturated carbocycles. The molecule has 1 aromatic carbocycles. The molecule has 2 amide bonds. The number of hydrogen-bond donors (Lipinski definition) is 5. The van der Waals surface area contributed by atoms with Crippen LogP contribution in [0.15, 0.2) is 63.8 Å². The summed E-state index contributed by atoms with van der Waals surface area (Å²) in [5, 5.41) is 28.7. The number of anilines is 1. The van der Waals surface area contributed by atoms with Gasteiger partial charge in [0.15, 0.2) is 0 Å². The minimum atomic E-state index is -4.52. The van der Waals surface area contributed by atoms with E-state index in [1.807, 2.05) is 6.07 Å². The number of nitrogens with zero attached hydrogens (tertiary/aromatic N) is 3. The van der Waals surface area contributed by atoms with Crippen LogP contribution in [0.25, 0.3) is 17.3 Å². The topological polar surface area (TPSA) is 167 Å². The monoisotopic (exact) mass is 524 g/mol. The normalized spacial score (nSPS) is 13.5. The Morgan fingerprint density at radius 1 is 1.29 bits per heavy atom. The molecule has 10 nitrogen and oxygen atoms in total. The van der Waals surface area contributed by atoms with E-state index in [1.54, 1.807) is 41.7 Å². The van der Waals surface area contributed by atoms with E-state index in [2.05, 4.69) is 20.3 Å². The smallest absolute Gasteiger partial charge is 0.405 e. The number of carbonyl (C=O) groups is 1. The number of furan rings is 1. The molecule has 2 unspecified atom stereocenters. The number of benzene rings is 1. The fourth-order valence-electron chi connectivity index (χ4n) is 3.28. The van der Waals surface area contributed by atoms with Gasteiger partial charge in [0, 0.05) is 29.9 Å². The molecule has 13 heteroatoms. The van der Waals surface area contributed by atoms with E-state index < -0.39 is 30.7 Å². The first-order valence-electron chi connectivity index (χ1n) is 11.2. The summed E-state index contributed by atoms with van der Waals surface area (Å²) < 4.78 is 42.2. The summed E-state index contributed by atoms with van der Waals surface area (Å²) in [7, 11) is 0. The van der Waals surface area contributed by atoms with Crippen LogP contribution in [0.2, 0.25) is 0 Å². The molecule has 38 heavy (non-hydrogen) atoms. The van der Waals surface area contributed by atoms with E-state index in [9.17, 15) is 18.0 Å². The van der Waals surface area contributed by atoms with Gasteiger partial charge in [-0.3, -0.25) is 4.99 Å². The van der Waals surface area contributed by atoms with E-state index in [0.717, 1.165) is 12.4 Å². The zero-order valence-electron chi connectivity index (χ0n) is 19.8. The van der Waals surface area contributed by atoms with E-state index in [0.29, 0.717) is 28.4 Å². The van der Waals surface area contributed by atoms with E-state index in [-0.39, 0.29) is 12.1 Å². The lowest BCUT2D eigenvalue weighted by atomic mass is 10.0. The average Bonchev–Trinajstić information content (AvgIpc) is 3.59. The molecule has 2 heterocycles. The number of aromatic nitrogens is 2. The maximum atomic E-state index is 12.3. The van der Waals surface area contributed by atoms with Gasteiger partial charge in [-0.25, -0.2) is 9.78 Å². The lowest BCUT2D eigenvalue weighted by Gasteiger charge is -2.10. The van der Waals surface area contributed by atoms with Gasteiger partial charge in [-0.05, 0) is 35.9 Å². The van der Waals surface area contributed by atoms with Gasteiger partial charge in [0.25, 0.3) is 0 Å². The number of nitriles is 1. The molecule has 3 rings (SSSR count). The van der Waals surface area contributed by atoms with Gasteiger partial charge in [0.1, 0.15) is 24.2 Å². The number of nitrogens with one attached hydrogen (secondary N) is 5. The van der Waals surface area contributed by atoms with Gasteiger partial charge in [-0.15, -0.1) is 0 Å². The van der Waals surface area contributed by atoms with Crippen molar-refractivity contribution in [2.75, 3.05) is 11.9 Å². The second-order valence-corrected chi connectivity index (χ2v) is 7.86. The maximum absolute atomic E-state index is 12.3. The number of hydrogen-bond acceptors (Lipinski definition) is 7. The predicted octanol–water partition coefficient (Wildman–Crippen LogP) is 5.38. The van der Waals surface area contributed by atoms with Gasteiger partial charge in [0.2, 0.25) is 0 Å². The molecule has 5 N–H and O–H groups in total. The standard InChI is InChI=1S/C25H23F3N8O2/c26-25(27,28)15-34-24(37)35-19-4-1-3-16(9-19)21-14-33-23(36-21)10-17(11-30)18(12-31)13-32-20(6-7-29)22-5-2-8-38-22/h1-5,8-14,18,20,30-31H,6,15H2,(H,33,36)(H2,34,35,37)/b17-10+,30-11?,31-12?,32-13?. The first-order chi connectivity index (χ1) is 18.2. The molecule has 2 aromatic heterocycles. The Morgan fingerprint density at radius 3 is 2.76 bits per heavy atom. The van der Waals surface area contributed by atoms with Crippen LogP contribution in [-0.2, 0) is 0 Å². The lowest BCUT2D eigenvalue weighted by Crippen LogP contribution is -2.36. The van der Waals surface area contributed by atoms with Crippen molar-refractivity contribution in [2.45, 2.75) is 18.6 Å². The number of imidazole rings is 1. The molecule has 0 spiro atoms. The van der Waals surface area contributed by atoms with Crippen LogP contribution in [0, 0.1) is 28.1 Å². The Bertz CT molecular complexity index is 1350. The molecule has 0 aliphatic carbocycles. The van der Waals surface area contributed by atoms with Crippen molar-refractivity contribution in [1.29, 1.82) is 16.1 Å². The number of rotatable bonds is 11. The first kappa shape index (κ1) is 27.6. The SMILES string of the molecule is N#CCC(N=CC(C=N)/C(C=N)=C/c1ncc(-c2cccc(NC(=O)NCC(F)(F)F)c2)[nH]1)c1ccco1. The lowest BCUT2D eigenvalue weighted by molar-refractivity contribution is -0.122. The Balaban J connectivity index is 1.74. The highest BCUT2D eigenvalue weighted by molar-refractivity contribution is 5.99. The molecule has 3 aromatic rings. The summed E-state index contributed by atoms with van der Waals surface area (Å²) in [5.74, 6) is 0.219. The predicted molar refractivity (Wildman–Crippen MR) is 136 cm³/mol. The minimum absolute atomic E-state index is 0.0812. The third-order valence-electron chi connectivity index (χ3n) is 5.09. The summed E-state index contributed by atoms with van der Waals surface area (Å²) in [6, 6.07) is 10.3. The van der Waals surface area contributed by atoms with Crippen LogP contribution < -0.4 is 10.6 Å². The van der Waals surface area contributed by atoms with Gasteiger partial charge in [-0.2, -0.15) is 18.4 Å². The number of carbonyl (C=O) groups excluding carboxylic acids is 1. The number of aromatic amines is 1. The highest BCUT2D eigenvalue weighted by Gasteiger charge is 2.27. The fourth-order valence-corrected chi connectivity index (χ4v) is 3.28. The third kappa shape index (κ3) is 8.02. The van der Waals surface area contributed by atoms with Gasteiger partial charge in [-0.1, -0.05) is 12.1 Å². The fraction of sp³-hybridized carbons (Fsp3) is 0.200. The van der Waals surface area contributed by atoms with Crippen molar-refractivity contribution < 1.29 is 22.4 Å². The van der Waals surface area contributed by atoms with Crippen molar-refractivity contribution in [1.82, 2.24) is 15.3 Å². The number of halogens is 3. The first-order valence-corrected chi connectivity index (χ1v) is 11.2. The number of H-pyrrole nitrogens is 1. The quantitative estimate of drug-likeness (QED) is 0.213. The summed E-state index contributed by atoms with van der Waals surface area (Å²) in [6.45, 7) is -1.45. The van der Waals surface area contributed by atoms with Crippen LogP contribution in [0.5, 0.6) is 0 Å². The Hall–Kier alpha value is -4.99. The number of allylic oxidation sites excluding steroid dienone is 1. The van der Waals surface area contributed by atoms with Crippen molar-refractivity contribution in [2.24, 2.45) is 10.9 Å². The molecule has 196 valence electrons. The van der Waals surface area contributed by atoms with Crippen LogP contribution >= 0.6 is 0 Å². The van der Waals surface area contributed by atoms with Crippen LogP contribution in [0.4, 0.5) is 23.7 Å². The summed E-state index contributed by atoms with van der Waals surface area (Å²) in [5.41, 5.74) is 1.83.